The second-order valence-corrected chi connectivity index (χ2v) is 5.34. The number of carbonyl (C=O) groups excluding carboxylic acids is 1. The molecule has 3 nitrogen and oxygen atoms in total. The topological polar surface area (TPSA) is 32.3 Å². The summed E-state index contributed by atoms with van der Waals surface area (Å²) in [5, 5.41) is 2.13. The Morgan fingerprint density at radius 1 is 1.33 bits per heavy atom. The summed E-state index contributed by atoms with van der Waals surface area (Å²) in [6.45, 7) is 3.98. The molecule has 21 heavy (non-hydrogen) atoms. The van der Waals surface area contributed by atoms with Gasteiger partial charge in [-0.1, -0.05) is 24.3 Å². The fraction of sp³-hybridized carbons (Fsp3) is 0.533. The number of hydrogen-bond donors (Lipinski definition) is 1. The summed E-state index contributed by atoms with van der Waals surface area (Å²) in [7, 11) is 0. The largest absolute Gasteiger partial charge is 0.412 e. The SMILES string of the molecule is Cc1ccccc1C(NC(=O)CCN1CCC1)C(F)(F)F. The van der Waals surface area contributed by atoms with Crippen molar-refractivity contribution in [2.75, 3.05) is 19.6 Å². The van der Waals surface area contributed by atoms with Crippen molar-refractivity contribution in [3.8, 4) is 0 Å². The third-order valence-electron chi connectivity index (χ3n) is 3.74. The van der Waals surface area contributed by atoms with Crippen LogP contribution in [0.5, 0.6) is 0 Å². The Hall–Kier alpha value is -1.56. The lowest BCUT2D eigenvalue weighted by molar-refractivity contribution is -0.163. The highest BCUT2D eigenvalue weighted by molar-refractivity contribution is 5.76. The van der Waals surface area contributed by atoms with E-state index < -0.39 is 18.1 Å². The van der Waals surface area contributed by atoms with Gasteiger partial charge in [-0.15, -0.1) is 0 Å². The molecule has 1 fully saturated rings. The molecule has 0 aromatic heterocycles. The number of likely N-dealkylation sites (tertiary alicyclic amines) is 1. The Morgan fingerprint density at radius 3 is 2.52 bits per heavy atom. The van der Waals surface area contributed by atoms with Crippen molar-refractivity contribution in [2.24, 2.45) is 0 Å². The molecule has 116 valence electrons. The van der Waals surface area contributed by atoms with Crippen molar-refractivity contribution in [1.29, 1.82) is 0 Å². The highest BCUT2D eigenvalue weighted by Gasteiger charge is 2.42. The Bertz CT molecular complexity index is 498. The summed E-state index contributed by atoms with van der Waals surface area (Å²) < 4.78 is 39.6. The first kappa shape index (κ1) is 15.8. The van der Waals surface area contributed by atoms with Crippen LogP contribution in [-0.2, 0) is 4.79 Å². The monoisotopic (exact) mass is 300 g/mol. The van der Waals surface area contributed by atoms with Gasteiger partial charge in [0.2, 0.25) is 5.91 Å². The lowest BCUT2D eigenvalue weighted by Gasteiger charge is -2.30. The Morgan fingerprint density at radius 2 is 2.00 bits per heavy atom. The quantitative estimate of drug-likeness (QED) is 0.907. The van der Waals surface area contributed by atoms with Crippen LogP contribution in [-0.4, -0.2) is 36.6 Å². The van der Waals surface area contributed by atoms with Crippen molar-refractivity contribution in [3.63, 3.8) is 0 Å². The third kappa shape index (κ3) is 4.20. The fourth-order valence-electron chi connectivity index (χ4n) is 2.34. The number of amides is 1. The molecule has 0 aliphatic carbocycles. The highest BCUT2D eigenvalue weighted by atomic mass is 19.4. The summed E-state index contributed by atoms with van der Waals surface area (Å²) in [6, 6.07) is 4.30. The van der Waals surface area contributed by atoms with Crippen LogP contribution in [0.4, 0.5) is 13.2 Å². The van der Waals surface area contributed by atoms with Crippen LogP contribution in [0.1, 0.15) is 30.0 Å². The predicted octanol–water partition coefficient (Wildman–Crippen LogP) is 2.81. The zero-order valence-electron chi connectivity index (χ0n) is 11.9. The number of nitrogens with one attached hydrogen (secondary N) is 1. The molecule has 1 atom stereocenters. The van der Waals surface area contributed by atoms with Gasteiger partial charge in [0.1, 0.15) is 0 Å². The normalized spacial score (nSPS) is 17.1. The van der Waals surface area contributed by atoms with E-state index in [1.165, 1.54) is 6.07 Å². The summed E-state index contributed by atoms with van der Waals surface area (Å²) in [4.78, 5) is 13.8. The molecular weight excluding hydrogens is 281 g/mol. The number of nitrogens with zero attached hydrogens (tertiary/aromatic N) is 1. The van der Waals surface area contributed by atoms with E-state index in [1.807, 2.05) is 0 Å². The van der Waals surface area contributed by atoms with Gasteiger partial charge in [0.15, 0.2) is 6.04 Å². The molecule has 1 saturated heterocycles. The fourth-order valence-corrected chi connectivity index (χ4v) is 2.34. The Kier molecular flexibility index (Phi) is 4.88. The maximum Gasteiger partial charge on any atom is 0.412 e. The van der Waals surface area contributed by atoms with Crippen molar-refractivity contribution in [3.05, 3.63) is 35.4 Å². The van der Waals surface area contributed by atoms with E-state index in [0.29, 0.717) is 12.1 Å². The highest BCUT2D eigenvalue weighted by Crippen LogP contribution is 2.34. The first-order chi connectivity index (χ1) is 9.88. The van der Waals surface area contributed by atoms with Gasteiger partial charge in [0, 0.05) is 13.0 Å². The van der Waals surface area contributed by atoms with Crippen LogP contribution in [0.2, 0.25) is 0 Å². The van der Waals surface area contributed by atoms with Crippen molar-refractivity contribution in [1.82, 2.24) is 10.2 Å². The second kappa shape index (κ2) is 6.47. The molecule has 1 aliphatic rings. The number of halogens is 3. The average Bonchev–Trinajstić information content (AvgIpc) is 2.34. The van der Waals surface area contributed by atoms with Crippen LogP contribution >= 0.6 is 0 Å². The molecule has 0 saturated carbocycles. The Labute approximate surface area is 122 Å². The minimum Gasteiger partial charge on any atom is -0.341 e. The van der Waals surface area contributed by atoms with Gasteiger partial charge in [0.25, 0.3) is 0 Å². The molecule has 0 spiro atoms. The molecule has 1 N–H and O–H groups in total. The maximum absolute atomic E-state index is 13.2. The smallest absolute Gasteiger partial charge is 0.341 e. The average molecular weight is 300 g/mol. The van der Waals surface area contributed by atoms with Crippen LogP contribution in [0.3, 0.4) is 0 Å². The van der Waals surface area contributed by atoms with Crippen molar-refractivity contribution >= 4 is 5.91 Å². The van der Waals surface area contributed by atoms with E-state index >= 15 is 0 Å². The van der Waals surface area contributed by atoms with E-state index in [0.717, 1.165) is 19.5 Å². The summed E-state index contributed by atoms with van der Waals surface area (Å²) in [5.41, 5.74) is 0.616. The third-order valence-corrected chi connectivity index (χ3v) is 3.74. The van der Waals surface area contributed by atoms with Gasteiger partial charge < -0.3 is 10.2 Å². The zero-order chi connectivity index (χ0) is 15.5. The molecule has 1 aromatic rings. The number of aryl methyl sites for hydroxylation is 1. The van der Waals surface area contributed by atoms with Crippen molar-refractivity contribution < 1.29 is 18.0 Å². The van der Waals surface area contributed by atoms with E-state index in [9.17, 15) is 18.0 Å². The van der Waals surface area contributed by atoms with E-state index in [4.69, 9.17) is 0 Å². The molecule has 0 bridgehead atoms. The maximum atomic E-state index is 13.2. The molecule has 1 unspecified atom stereocenters. The number of carbonyl (C=O) groups is 1. The number of hydrogen-bond acceptors (Lipinski definition) is 2. The van der Waals surface area contributed by atoms with Gasteiger partial charge in [-0.2, -0.15) is 13.2 Å². The van der Waals surface area contributed by atoms with Crippen LogP contribution in [0.25, 0.3) is 0 Å². The van der Waals surface area contributed by atoms with Crippen molar-refractivity contribution in [2.45, 2.75) is 32.0 Å². The first-order valence-corrected chi connectivity index (χ1v) is 7.02. The van der Waals surface area contributed by atoms with E-state index in [2.05, 4.69) is 10.2 Å². The predicted molar refractivity (Wildman–Crippen MR) is 73.8 cm³/mol. The van der Waals surface area contributed by atoms with Gasteiger partial charge in [-0.25, -0.2) is 0 Å². The molecule has 1 amide bonds. The number of alkyl halides is 3. The number of benzene rings is 1. The van der Waals surface area contributed by atoms with Crippen LogP contribution in [0, 0.1) is 6.92 Å². The molecular formula is C15H19F3N2O. The van der Waals surface area contributed by atoms with Crippen LogP contribution in [0.15, 0.2) is 24.3 Å². The van der Waals surface area contributed by atoms with Gasteiger partial charge in [0.05, 0.1) is 0 Å². The van der Waals surface area contributed by atoms with E-state index in [-0.39, 0.29) is 12.0 Å². The zero-order valence-corrected chi connectivity index (χ0v) is 11.9. The summed E-state index contributed by atoms with van der Waals surface area (Å²) in [6.07, 6.45) is -3.31. The molecule has 0 radical (unpaired) electrons. The van der Waals surface area contributed by atoms with Crippen LogP contribution < -0.4 is 5.32 Å². The Balaban J connectivity index is 2.03. The molecule has 2 rings (SSSR count). The lowest BCUT2D eigenvalue weighted by atomic mass is 10.0. The minimum atomic E-state index is -4.50. The van der Waals surface area contributed by atoms with Gasteiger partial charge >= 0.3 is 6.18 Å². The van der Waals surface area contributed by atoms with E-state index in [1.54, 1.807) is 25.1 Å². The first-order valence-electron chi connectivity index (χ1n) is 7.02. The second-order valence-electron chi connectivity index (χ2n) is 5.34. The molecule has 6 heteroatoms. The standard InChI is InChI=1S/C15H19F3N2O/c1-11-5-2-3-6-12(11)14(15(16,17)18)19-13(21)7-10-20-8-4-9-20/h2-3,5-6,14H,4,7-10H2,1H3,(H,19,21). The molecule has 1 aliphatic heterocycles. The summed E-state index contributed by atoms with van der Waals surface area (Å²) >= 11 is 0. The van der Waals surface area contributed by atoms with Gasteiger partial charge in [-0.05, 0) is 37.6 Å². The summed E-state index contributed by atoms with van der Waals surface area (Å²) in [5.74, 6) is -0.563. The number of rotatable bonds is 5. The van der Waals surface area contributed by atoms with Gasteiger partial charge in [-0.3, -0.25) is 4.79 Å². The molecule has 1 aromatic carbocycles. The minimum absolute atomic E-state index is 0.0957. The molecule has 1 heterocycles. The lowest BCUT2D eigenvalue weighted by Crippen LogP contribution is -2.42.